The van der Waals surface area contributed by atoms with E-state index in [2.05, 4.69) is 34.9 Å². The van der Waals surface area contributed by atoms with Gasteiger partial charge in [-0.2, -0.15) is 11.3 Å². The maximum Gasteiger partial charge on any atom is 0.163 e. The van der Waals surface area contributed by atoms with Crippen LogP contribution in [-0.2, 0) is 0 Å². The quantitative estimate of drug-likeness (QED) is 0.723. The summed E-state index contributed by atoms with van der Waals surface area (Å²) in [6.45, 7) is 5.10. The lowest BCUT2D eigenvalue weighted by Crippen LogP contribution is -2.04. The molecule has 1 aromatic carbocycles. The third-order valence-corrected chi connectivity index (χ3v) is 4.39. The second-order valence-electron chi connectivity index (χ2n) is 4.95. The smallest absolute Gasteiger partial charge is 0.163 e. The Kier molecular flexibility index (Phi) is 4.08. The van der Waals surface area contributed by atoms with Gasteiger partial charge in [0.1, 0.15) is 5.82 Å². The van der Waals surface area contributed by atoms with Crippen LogP contribution in [0.2, 0.25) is 5.02 Å². The second kappa shape index (κ2) is 6.00. The number of aromatic nitrogens is 2. The van der Waals surface area contributed by atoms with Gasteiger partial charge in [0.05, 0.1) is 5.52 Å². The monoisotopic (exact) mass is 317 g/mol. The summed E-state index contributed by atoms with van der Waals surface area (Å²) in [5.74, 6) is 1.63. The lowest BCUT2D eigenvalue weighted by molar-refractivity contribution is 0.970. The lowest BCUT2D eigenvalue weighted by atomic mass is 10.2. The molecule has 3 rings (SSSR count). The van der Waals surface area contributed by atoms with Crippen LogP contribution >= 0.6 is 22.9 Å². The van der Waals surface area contributed by atoms with Crippen molar-refractivity contribution >= 4 is 39.7 Å². The van der Waals surface area contributed by atoms with Crippen LogP contribution in [0.4, 0.5) is 5.82 Å². The highest BCUT2D eigenvalue weighted by Gasteiger charge is 2.11. The number of hydrogen-bond acceptors (Lipinski definition) is 4. The summed E-state index contributed by atoms with van der Waals surface area (Å²) in [6.07, 6.45) is 1.05. The van der Waals surface area contributed by atoms with Crippen molar-refractivity contribution in [3.05, 3.63) is 39.5 Å². The van der Waals surface area contributed by atoms with Crippen molar-refractivity contribution in [3.63, 3.8) is 0 Å². The van der Waals surface area contributed by atoms with Crippen LogP contribution in [0.15, 0.2) is 29.0 Å². The molecule has 0 aliphatic rings. The van der Waals surface area contributed by atoms with Gasteiger partial charge in [-0.1, -0.05) is 18.5 Å². The number of anilines is 1. The van der Waals surface area contributed by atoms with E-state index in [-0.39, 0.29) is 0 Å². The maximum absolute atomic E-state index is 6.11. The van der Waals surface area contributed by atoms with Gasteiger partial charge >= 0.3 is 0 Å². The number of halogens is 1. The molecule has 2 heterocycles. The third kappa shape index (κ3) is 2.87. The molecule has 0 fully saturated rings. The van der Waals surface area contributed by atoms with Crippen molar-refractivity contribution in [2.45, 2.75) is 20.3 Å². The standard InChI is InChI=1S/C16H16ClN3S/c1-3-6-18-15-12-5-4-11(17)7-14(12)19-16(20-15)13-9-21-8-10(13)2/h4-5,7-9H,3,6H2,1-2H3,(H,18,19,20). The van der Waals surface area contributed by atoms with E-state index in [0.717, 1.165) is 41.1 Å². The van der Waals surface area contributed by atoms with E-state index < -0.39 is 0 Å². The van der Waals surface area contributed by atoms with E-state index in [1.807, 2.05) is 18.2 Å². The highest BCUT2D eigenvalue weighted by Crippen LogP contribution is 2.29. The van der Waals surface area contributed by atoms with Crippen LogP contribution in [-0.4, -0.2) is 16.5 Å². The van der Waals surface area contributed by atoms with Gasteiger partial charge in [0, 0.05) is 27.9 Å². The van der Waals surface area contributed by atoms with Crippen LogP contribution in [0.3, 0.4) is 0 Å². The zero-order valence-corrected chi connectivity index (χ0v) is 13.6. The summed E-state index contributed by atoms with van der Waals surface area (Å²) >= 11 is 7.77. The van der Waals surface area contributed by atoms with Crippen molar-refractivity contribution < 1.29 is 0 Å². The zero-order chi connectivity index (χ0) is 14.8. The largest absolute Gasteiger partial charge is 0.369 e. The number of rotatable bonds is 4. The molecule has 0 saturated heterocycles. The minimum absolute atomic E-state index is 0.690. The van der Waals surface area contributed by atoms with Crippen LogP contribution in [0.1, 0.15) is 18.9 Å². The van der Waals surface area contributed by atoms with Crippen molar-refractivity contribution in [2.24, 2.45) is 0 Å². The summed E-state index contributed by atoms with van der Waals surface area (Å²) in [5, 5.41) is 9.28. The van der Waals surface area contributed by atoms with Crippen LogP contribution in [0.25, 0.3) is 22.3 Å². The van der Waals surface area contributed by atoms with E-state index in [0.29, 0.717) is 5.02 Å². The molecule has 5 heteroatoms. The molecule has 0 atom stereocenters. The van der Waals surface area contributed by atoms with E-state index in [9.17, 15) is 0 Å². The molecule has 1 N–H and O–H groups in total. The molecule has 0 saturated carbocycles. The van der Waals surface area contributed by atoms with E-state index in [1.54, 1.807) is 11.3 Å². The van der Waals surface area contributed by atoms with Gasteiger partial charge in [-0.05, 0) is 42.5 Å². The van der Waals surface area contributed by atoms with Gasteiger partial charge in [0.25, 0.3) is 0 Å². The third-order valence-electron chi connectivity index (χ3n) is 3.30. The molecule has 0 spiro atoms. The second-order valence-corrected chi connectivity index (χ2v) is 6.13. The first-order valence-corrected chi connectivity index (χ1v) is 8.25. The van der Waals surface area contributed by atoms with Gasteiger partial charge in [-0.15, -0.1) is 0 Å². The molecule has 3 aromatic rings. The van der Waals surface area contributed by atoms with Crippen molar-refractivity contribution in [1.82, 2.24) is 9.97 Å². The fraction of sp³-hybridized carbons (Fsp3) is 0.250. The van der Waals surface area contributed by atoms with Crippen LogP contribution in [0.5, 0.6) is 0 Å². The molecular formula is C16H16ClN3S. The normalized spacial score (nSPS) is 11.0. The summed E-state index contributed by atoms with van der Waals surface area (Å²) in [4.78, 5) is 9.39. The first-order chi connectivity index (χ1) is 10.2. The minimum atomic E-state index is 0.690. The molecular weight excluding hydrogens is 302 g/mol. The van der Waals surface area contributed by atoms with Crippen LogP contribution < -0.4 is 5.32 Å². The van der Waals surface area contributed by atoms with Gasteiger partial charge in [-0.3, -0.25) is 0 Å². The summed E-state index contributed by atoms with van der Waals surface area (Å²) in [7, 11) is 0. The molecule has 0 amide bonds. The zero-order valence-electron chi connectivity index (χ0n) is 12.0. The van der Waals surface area contributed by atoms with Crippen molar-refractivity contribution in [2.75, 3.05) is 11.9 Å². The maximum atomic E-state index is 6.11. The molecule has 2 aromatic heterocycles. The number of benzene rings is 1. The number of nitrogens with one attached hydrogen (secondary N) is 1. The Morgan fingerprint density at radius 1 is 1.24 bits per heavy atom. The molecule has 0 bridgehead atoms. The Labute approximate surface area is 133 Å². The predicted molar refractivity (Wildman–Crippen MR) is 91.4 cm³/mol. The van der Waals surface area contributed by atoms with E-state index in [4.69, 9.17) is 16.6 Å². The molecule has 0 aliphatic heterocycles. The lowest BCUT2D eigenvalue weighted by Gasteiger charge is -2.10. The van der Waals surface area contributed by atoms with E-state index >= 15 is 0 Å². The van der Waals surface area contributed by atoms with Gasteiger partial charge in [0.2, 0.25) is 0 Å². The van der Waals surface area contributed by atoms with Crippen molar-refractivity contribution in [1.29, 1.82) is 0 Å². The van der Waals surface area contributed by atoms with Gasteiger partial charge < -0.3 is 5.32 Å². The Morgan fingerprint density at radius 3 is 2.81 bits per heavy atom. The number of hydrogen-bond donors (Lipinski definition) is 1. The van der Waals surface area contributed by atoms with Crippen molar-refractivity contribution in [3.8, 4) is 11.4 Å². The Bertz CT molecular complexity index is 782. The average molecular weight is 318 g/mol. The molecule has 0 aliphatic carbocycles. The first-order valence-electron chi connectivity index (χ1n) is 6.93. The van der Waals surface area contributed by atoms with Gasteiger partial charge in [0.15, 0.2) is 5.82 Å². The topological polar surface area (TPSA) is 37.8 Å². The fourth-order valence-corrected chi connectivity index (χ4v) is 3.18. The van der Waals surface area contributed by atoms with Gasteiger partial charge in [-0.25, -0.2) is 9.97 Å². The Morgan fingerprint density at radius 2 is 2.10 bits per heavy atom. The molecule has 108 valence electrons. The summed E-state index contributed by atoms with van der Waals surface area (Å²) < 4.78 is 0. The number of nitrogens with zero attached hydrogens (tertiary/aromatic N) is 2. The number of fused-ring (bicyclic) bond motifs is 1. The minimum Gasteiger partial charge on any atom is -0.369 e. The SMILES string of the molecule is CCCNc1nc(-c2cscc2C)nc2cc(Cl)ccc12. The molecule has 21 heavy (non-hydrogen) atoms. The molecule has 0 unspecified atom stereocenters. The highest BCUT2D eigenvalue weighted by atomic mass is 35.5. The highest BCUT2D eigenvalue weighted by molar-refractivity contribution is 7.08. The summed E-state index contributed by atoms with van der Waals surface area (Å²) in [5.41, 5.74) is 3.15. The number of aryl methyl sites for hydroxylation is 1. The van der Waals surface area contributed by atoms with Crippen LogP contribution in [0, 0.1) is 6.92 Å². The predicted octanol–water partition coefficient (Wildman–Crippen LogP) is 5.14. The number of thiophene rings is 1. The molecule has 3 nitrogen and oxygen atoms in total. The van der Waals surface area contributed by atoms with E-state index in [1.165, 1.54) is 5.56 Å². The summed E-state index contributed by atoms with van der Waals surface area (Å²) in [6, 6.07) is 5.74. The first kappa shape index (κ1) is 14.3. The Hall–Kier alpha value is -1.65. The Balaban J connectivity index is 2.20. The fourth-order valence-electron chi connectivity index (χ4n) is 2.19. The molecule has 0 radical (unpaired) electrons. The average Bonchev–Trinajstić information content (AvgIpc) is 2.90.